The summed E-state index contributed by atoms with van der Waals surface area (Å²) in [6.07, 6.45) is 3.84. The van der Waals surface area contributed by atoms with Crippen molar-refractivity contribution in [3.63, 3.8) is 0 Å². The van der Waals surface area contributed by atoms with Crippen LogP contribution in [0.2, 0.25) is 0 Å². The summed E-state index contributed by atoms with van der Waals surface area (Å²) in [5.74, 6) is 0.474. The Labute approximate surface area is 167 Å². The van der Waals surface area contributed by atoms with Crippen LogP contribution in [0, 0.1) is 17.0 Å². The summed E-state index contributed by atoms with van der Waals surface area (Å²) in [7, 11) is 1.96. The van der Waals surface area contributed by atoms with Gasteiger partial charge in [0.1, 0.15) is 0 Å². The summed E-state index contributed by atoms with van der Waals surface area (Å²) in [6, 6.07) is 9.47. The van der Waals surface area contributed by atoms with Crippen molar-refractivity contribution in [2.75, 3.05) is 18.0 Å². The molecule has 0 aromatic carbocycles. The van der Waals surface area contributed by atoms with E-state index in [0.717, 1.165) is 29.9 Å². The minimum absolute atomic E-state index is 0.0725. The second-order valence-electron chi connectivity index (χ2n) is 6.90. The first-order valence-corrected chi connectivity index (χ1v) is 10.0. The van der Waals surface area contributed by atoms with Crippen LogP contribution in [0.5, 0.6) is 0 Å². The average Bonchev–Trinajstić information content (AvgIpc) is 3.31. The van der Waals surface area contributed by atoms with E-state index in [1.165, 1.54) is 10.5 Å². The number of thiophene rings is 1. The fraction of sp³-hybridized carbons (Fsp3) is 0.300. The number of hydrogen-bond donors (Lipinski definition) is 0. The van der Waals surface area contributed by atoms with Crippen LogP contribution in [0.4, 0.5) is 11.5 Å². The zero-order valence-corrected chi connectivity index (χ0v) is 16.6. The van der Waals surface area contributed by atoms with Crippen LogP contribution in [0.25, 0.3) is 16.6 Å². The number of anilines is 1. The summed E-state index contributed by atoms with van der Waals surface area (Å²) in [5, 5.41) is 18.0. The number of nitrogens with zero attached hydrogens (tertiary/aromatic N) is 5. The lowest BCUT2D eigenvalue weighted by Crippen LogP contribution is -2.32. The van der Waals surface area contributed by atoms with E-state index < -0.39 is 0 Å². The lowest BCUT2D eigenvalue weighted by Gasteiger charge is -2.29. The molecule has 7 nitrogen and oxygen atoms in total. The molecule has 1 aliphatic rings. The van der Waals surface area contributed by atoms with Crippen molar-refractivity contribution in [3.8, 4) is 10.6 Å². The number of hydrogen-bond acceptors (Lipinski definition) is 6. The van der Waals surface area contributed by atoms with Crippen molar-refractivity contribution in [3.05, 3.63) is 62.8 Å². The Morgan fingerprint density at radius 3 is 2.71 bits per heavy atom. The van der Waals surface area contributed by atoms with Gasteiger partial charge in [-0.15, -0.1) is 11.3 Å². The quantitative estimate of drug-likeness (QED) is 0.482. The van der Waals surface area contributed by atoms with Gasteiger partial charge < -0.3 is 4.90 Å². The lowest BCUT2D eigenvalue weighted by molar-refractivity contribution is -0.384. The number of nitro groups is 1. The molecule has 0 radical (unpaired) electrons. The van der Waals surface area contributed by atoms with Crippen LogP contribution in [0.3, 0.4) is 0 Å². The van der Waals surface area contributed by atoms with E-state index >= 15 is 0 Å². The van der Waals surface area contributed by atoms with Gasteiger partial charge in [0, 0.05) is 31.9 Å². The minimum atomic E-state index is -0.354. The number of piperidine rings is 1. The maximum absolute atomic E-state index is 11.3. The Balaban J connectivity index is 1.50. The van der Waals surface area contributed by atoms with Gasteiger partial charge in [0.25, 0.3) is 0 Å². The van der Waals surface area contributed by atoms with Gasteiger partial charge in [0.15, 0.2) is 0 Å². The monoisotopic (exact) mass is 395 g/mol. The SMILES string of the molecule is Cc1ccc([N+](=O)[O-])c(N2CCC(=Cc3cc(-c4cccs4)n(C)n3)CC2)n1. The Hall–Kier alpha value is -3.00. The van der Waals surface area contributed by atoms with E-state index in [-0.39, 0.29) is 10.6 Å². The zero-order valence-electron chi connectivity index (χ0n) is 15.8. The summed E-state index contributed by atoms with van der Waals surface area (Å²) in [6.45, 7) is 3.29. The van der Waals surface area contributed by atoms with Gasteiger partial charge in [-0.1, -0.05) is 11.6 Å². The van der Waals surface area contributed by atoms with Crippen LogP contribution < -0.4 is 4.90 Å². The molecule has 144 valence electrons. The van der Waals surface area contributed by atoms with Crippen molar-refractivity contribution in [2.24, 2.45) is 7.05 Å². The molecule has 28 heavy (non-hydrogen) atoms. The van der Waals surface area contributed by atoms with Gasteiger partial charge >= 0.3 is 5.69 Å². The molecule has 3 aromatic heterocycles. The molecule has 0 saturated carbocycles. The van der Waals surface area contributed by atoms with Crippen molar-refractivity contribution in [1.29, 1.82) is 0 Å². The molecule has 4 rings (SSSR count). The Bertz CT molecular complexity index is 1030. The standard InChI is InChI=1S/C20H21N5O2S/c1-14-5-6-17(25(26)27)20(21-14)24-9-7-15(8-10-24)12-16-13-18(23(2)22-16)19-4-3-11-28-19/h3-6,11-13H,7-10H2,1-2H3. The third-order valence-electron chi connectivity index (χ3n) is 4.92. The Kier molecular flexibility index (Phi) is 4.95. The zero-order chi connectivity index (χ0) is 19.7. The fourth-order valence-corrected chi connectivity index (χ4v) is 4.26. The van der Waals surface area contributed by atoms with E-state index in [1.54, 1.807) is 23.5 Å². The first-order chi connectivity index (χ1) is 13.5. The molecular weight excluding hydrogens is 374 g/mol. The van der Waals surface area contributed by atoms with E-state index in [9.17, 15) is 10.1 Å². The highest BCUT2D eigenvalue weighted by Gasteiger charge is 2.24. The molecule has 1 saturated heterocycles. The van der Waals surface area contributed by atoms with E-state index in [4.69, 9.17) is 0 Å². The normalized spacial score (nSPS) is 14.4. The Morgan fingerprint density at radius 2 is 2.04 bits per heavy atom. The molecule has 0 atom stereocenters. The minimum Gasteiger partial charge on any atom is -0.350 e. The second-order valence-corrected chi connectivity index (χ2v) is 7.85. The summed E-state index contributed by atoms with van der Waals surface area (Å²) >= 11 is 1.70. The number of aromatic nitrogens is 3. The molecule has 0 N–H and O–H groups in total. The molecular formula is C20H21N5O2S. The van der Waals surface area contributed by atoms with E-state index in [2.05, 4.69) is 33.7 Å². The molecule has 1 aliphatic heterocycles. The molecule has 0 amide bonds. The van der Waals surface area contributed by atoms with Crippen LogP contribution in [0.15, 0.2) is 41.3 Å². The molecule has 0 aliphatic carbocycles. The highest BCUT2D eigenvalue weighted by molar-refractivity contribution is 7.13. The first kappa shape index (κ1) is 18.4. The summed E-state index contributed by atoms with van der Waals surface area (Å²) in [4.78, 5) is 18.6. The summed E-state index contributed by atoms with van der Waals surface area (Å²) in [5.41, 5.74) is 4.23. The second kappa shape index (κ2) is 7.55. The smallest absolute Gasteiger partial charge is 0.311 e. The van der Waals surface area contributed by atoms with Crippen LogP contribution in [-0.2, 0) is 7.05 Å². The van der Waals surface area contributed by atoms with Crippen LogP contribution >= 0.6 is 11.3 Å². The average molecular weight is 395 g/mol. The number of aryl methyl sites for hydroxylation is 2. The van der Waals surface area contributed by atoms with Gasteiger partial charge in [-0.05, 0) is 49.4 Å². The van der Waals surface area contributed by atoms with E-state index in [0.29, 0.717) is 18.9 Å². The van der Waals surface area contributed by atoms with Crippen molar-refractivity contribution in [1.82, 2.24) is 14.8 Å². The Morgan fingerprint density at radius 1 is 1.25 bits per heavy atom. The third-order valence-corrected chi connectivity index (χ3v) is 5.81. The topological polar surface area (TPSA) is 77.1 Å². The molecule has 3 aromatic rings. The van der Waals surface area contributed by atoms with Gasteiger partial charge in [-0.25, -0.2) is 4.98 Å². The molecule has 8 heteroatoms. The molecule has 0 bridgehead atoms. The number of rotatable bonds is 4. The first-order valence-electron chi connectivity index (χ1n) is 9.15. The highest BCUT2D eigenvalue weighted by atomic mass is 32.1. The maximum atomic E-state index is 11.3. The molecule has 1 fully saturated rings. The van der Waals surface area contributed by atoms with Crippen LogP contribution in [-0.4, -0.2) is 32.8 Å². The largest absolute Gasteiger partial charge is 0.350 e. The van der Waals surface area contributed by atoms with E-state index in [1.807, 2.05) is 29.6 Å². The van der Waals surface area contributed by atoms with Gasteiger partial charge in [-0.2, -0.15) is 5.10 Å². The van der Waals surface area contributed by atoms with Crippen LogP contribution in [0.1, 0.15) is 24.2 Å². The van der Waals surface area contributed by atoms with Crippen molar-refractivity contribution < 1.29 is 4.92 Å². The van der Waals surface area contributed by atoms with Crippen molar-refractivity contribution >= 4 is 28.9 Å². The van der Waals surface area contributed by atoms with Gasteiger partial charge in [-0.3, -0.25) is 14.8 Å². The number of pyridine rings is 1. The molecule has 0 unspecified atom stereocenters. The van der Waals surface area contributed by atoms with Gasteiger partial charge in [0.05, 0.1) is 21.2 Å². The van der Waals surface area contributed by atoms with Gasteiger partial charge in [0.2, 0.25) is 5.82 Å². The molecule has 4 heterocycles. The predicted octanol–water partition coefficient (Wildman–Crippen LogP) is 4.44. The fourth-order valence-electron chi connectivity index (χ4n) is 3.48. The maximum Gasteiger partial charge on any atom is 0.311 e. The highest BCUT2D eigenvalue weighted by Crippen LogP contribution is 2.31. The predicted molar refractivity (Wildman–Crippen MR) is 112 cm³/mol. The summed E-state index contributed by atoms with van der Waals surface area (Å²) < 4.78 is 1.91. The molecule has 0 spiro atoms. The third kappa shape index (κ3) is 3.68. The lowest BCUT2D eigenvalue weighted by atomic mass is 10.0. The van der Waals surface area contributed by atoms with Crippen molar-refractivity contribution in [2.45, 2.75) is 19.8 Å².